The van der Waals surface area contributed by atoms with Gasteiger partial charge in [-0.25, -0.2) is 9.37 Å². The number of hydrogen-bond donors (Lipinski definition) is 2. The van der Waals surface area contributed by atoms with Crippen LogP contribution in [0.5, 0.6) is 0 Å². The number of piperazine rings is 1. The summed E-state index contributed by atoms with van der Waals surface area (Å²) in [4.78, 5) is 27.3. The number of nitrogens with two attached hydrogens (primary N) is 1. The van der Waals surface area contributed by atoms with Crippen molar-refractivity contribution in [1.82, 2.24) is 19.9 Å². The summed E-state index contributed by atoms with van der Waals surface area (Å²) in [7, 11) is 2.14. The fraction of sp³-hybridized carbons (Fsp3) is 0.269. The van der Waals surface area contributed by atoms with Gasteiger partial charge in [-0.05, 0) is 45.2 Å². The monoisotopic (exact) mass is 476 g/mol. The lowest BCUT2D eigenvalue weighted by molar-refractivity contribution is 0.170. The minimum absolute atomic E-state index is 0.0485. The van der Waals surface area contributed by atoms with Crippen LogP contribution in [0.1, 0.15) is 13.8 Å². The smallest absolute Gasteiger partial charge is 0.256 e. The molecule has 35 heavy (non-hydrogen) atoms. The molecule has 0 amide bonds. The molecule has 7 nitrogen and oxygen atoms in total. The molecule has 5 rings (SSSR count). The van der Waals surface area contributed by atoms with E-state index in [0.29, 0.717) is 23.2 Å². The maximum absolute atomic E-state index is 14.8. The summed E-state index contributed by atoms with van der Waals surface area (Å²) in [5, 5.41) is 0.323. The van der Waals surface area contributed by atoms with Crippen LogP contribution in [0.4, 0.5) is 20.3 Å². The third-order valence-corrected chi connectivity index (χ3v) is 6.87. The number of halogens is 2. The Morgan fingerprint density at radius 2 is 1.60 bits per heavy atom. The van der Waals surface area contributed by atoms with Crippen molar-refractivity contribution in [2.45, 2.75) is 25.9 Å². The number of aromatic nitrogens is 3. The molecule has 0 aliphatic carbocycles. The standard InChI is InChI=1S/C26H26F2N6O/c1-14-12-34(13-15(2)33(14)3)18-7-4-16(5-8-18)22-24(28)32-25(29)23(31-22)17-6-9-19-20(10-17)21(27)11-30-26(19)35/h4-11,14-15H,12-13H2,1-3H3,(H2,29,32)(H,30,35)/t14-,15+. The Balaban J connectivity index is 1.51. The predicted molar refractivity (Wildman–Crippen MR) is 134 cm³/mol. The number of rotatable bonds is 3. The first-order valence-corrected chi connectivity index (χ1v) is 11.4. The fourth-order valence-electron chi connectivity index (χ4n) is 4.64. The molecule has 0 unspecified atom stereocenters. The molecule has 180 valence electrons. The van der Waals surface area contributed by atoms with Crippen molar-refractivity contribution >= 4 is 22.3 Å². The van der Waals surface area contributed by atoms with Gasteiger partial charge in [0.25, 0.3) is 5.56 Å². The van der Waals surface area contributed by atoms with E-state index in [0.717, 1.165) is 25.0 Å². The lowest BCUT2D eigenvalue weighted by atomic mass is 10.0. The molecule has 0 radical (unpaired) electrons. The largest absolute Gasteiger partial charge is 0.382 e. The molecule has 4 aromatic rings. The van der Waals surface area contributed by atoms with E-state index in [1.807, 2.05) is 24.3 Å². The van der Waals surface area contributed by atoms with Crippen molar-refractivity contribution in [2.75, 3.05) is 30.8 Å². The highest BCUT2D eigenvalue weighted by atomic mass is 19.1. The lowest BCUT2D eigenvalue weighted by Crippen LogP contribution is -2.55. The van der Waals surface area contributed by atoms with Crippen molar-refractivity contribution in [2.24, 2.45) is 0 Å². The highest BCUT2D eigenvalue weighted by Gasteiger charge is 2.26. The Hall–Kier alpha value is -3.85. The molecule has 2 aromatic carbocycles. The van der Waals surface area contributed by atoms with E-state index in [9.17, 15) is 13.6 Å². The summed E-state index contributed by atoms with van der Waals surface area (Å²) >= 11 is 0. The summed E-state index contributed by atoms with van der Waals surface area (Å²) < 4.78 is 29.2. The van der Waals surface area contributed by atoms with E-state index in [-0.39, 0.29) is 28.0 Å². The minimum Gasteiger partial charge on any atom is -0.382 e. The molecule has 1 aliphatic heterocycles. The normalized spacial score (nSPS) is 18.8. The van der Waals surface area contributed by atoms with Gasteiger partial charge in [0.2, 0.25) is 5.95 Å². The average molecular weight is 477 g/mol. The first-order chi connectivity index (χ1) is 16.7. The van der Waals surface area contributed by atoms with Crippen LogP contribution in [0.15, 0.2) is 53.5 Å². The maximum atomic E-state index is 14.8. The van der Waals surface area contributed by atoms with Crippen molar-refractivity contribution in [3.8, 4) is 22.5 Å². The van der Waals surface area contributed by atoms with E-state index in [1.54, 1.807) is 6.07 Å². The molecule has 3 N–H and O–H groups in total. The number of benzene rings is 2. The minimum atomic E-state index is -0.788. The van der Waals surface area contributed by atoms with Crippen LogP contribution in [-0.2, 0) is 0 Å². The average Bonchev–Trinajstić information content (AvgIpc) is 2.84. The van der Waals surface area contributed by atoms with Gasteiger partial charge in [0.15, 0.2) is 5.82 Å². The second-order valence-corrected chi connectivity index (χ2v) is 9.14. The molecule has 1 aliphatic rings. The quantitative estimate of drug-likeness (QED) is 0.464. The molecule has 9 heteroatoms. The number of anilines is 2. The van der Waals surface area contributed by atoms with Crippen molar-refractivity contribution in [3.05, 3.63) is 70.8 Å². The first-order valence-electron chi connectivity index (χ1n) is 11.4. The number of likely N-dealkylation sites (N-methyl/N-ethyl adjacent to an activating group) is 1. The molecule has 3 heterocycles. The summed E-state index contributed by atoms with van der Waals surface area (Å²) in [6.07, 6.45) is 1.00. The third-order valence-electron chi connectivity index (χ3n) is 6.87. The van der Waals surface area contributed by atoms with Crippen LogP contribution in [0, 0.1) is 11.8 Å². The summed E-state index contributed by atoms with van der Waals surface area (Å²) in [5.74, 6) is -1.49. The zero-order valence-electron chi connectivity index (χ0n) is 19.7. The van der Waals surface area contributed by atoms with Gasteiger partial charge in [0, 0.05) is 59.0 Å². The van der Waals surface area contributed by atoms with Crippen molar-refractivity contribution in [1.29, 1.82) is 0 Å². The summed E-state index contributed by atoms with van der Waals surface area (Å²) in [6.45, 7) is 6.21. The van der Waals surface area contributed by atoms with Gasteiger partial charge in [0.1, 0.15) is 17.2 Å². The topological polar surface area (TPSA) is 91.1 Å². The number of nitrogens with zero attached hydrogens (tertiary/aromatic N) is 4. The number of pyridine rings is 1. The van der Waals surface area contributed by atoms with E-state index >= 15 is 0 Å². The SMILES string of the molecule is C[C@@H]1CN(c2ccc(-c3nc(-c4ccc5c(=O)[nH]cc(F)c5c4)c(N)nc3F)cc2)C[C@H](C)N1C. The van der Waals surface area contributed by atoms with E-state index < -0.39 is 17.3 Å². The van der Waals surface area contributed by atoms with Gasteiger partial charge in [-0.1, -0.05) is 18.2 Å². The third kappa shape index (κ3) is 4.12. The second-order valence-electron chi connectivity index (χ2n) is 9.14. The van der Waals surface area contributed by atoms with Gasteiger partial charge >= 0.3 is 0 Å². The van der Waals surface area contributed by atoms with Crippen LogP contribution in [0.3, 0.4) is 0 Å². The Labute approximate surface area is 201 Å². The highest BCUT2D eigenvalue weighted by Crippen LogP contribution is 2.31. The van der Waals surface area contributed by atoms with Crippen LogP contribution in [0.2, 0.25) is 0 Å². The Morgan fingerprint density at radius 3 is 2.29 bits per heavy atom. The predicted octanol–water partition coefficient (Wildman–Crippen LogP) is 4.04. The fourth-order valence-corrected chi connectivity index (χ4v) is 4.64. The van der Waals surface area contributed by atoms with Crippen LogP contribution in [-0.4, -0.2) is 52.1 Å². The molecule has 0 spiro atoms. The molecule has 0 bridgehead atoms. The van der Waals surface area contributed by atoms with Crippen LogP contribution < -0.4 is 16.2 Å². The number of aromatic amines is 1. The Bertz CT molecular complexity index is 1460. The lowest BCUT2D eigenvalue weighted by Gasteiger charge is -2.43. The summed E-state index contributed by atoms with van der Waals surface area (Å²) in [6, 6.07) is 12.9. The Kier molecular flexibility index (Phi) is 5.72. The number of nitrogens with one attached hydrogen (secondary N) is 1. The number of H-pyrrole nitrogens is 1. The van der Waals surface area contributed by atoms with E-state index in [1.165, 1.54) is 12.1 Å². The highest BCUT2D eigenvalue weighted by molar-refractivity contribution is 5.88. The van der Waals surface area contributed by atoms with E-state index in [4.69, 9.17) is 5.73 Å². The molecule has 2 atom stereocenters. The zero-order chi connectivity index (χ0) is 24.9. The Morgan fingerprint density at radius 1 is 0.943 bits per heavy atom. The second kappa shape index (κ2) is 8.74. The van der Waals surface area contributed by atoms with Crippen molar-refractivity contribution < 1.29 is 8.78 Å². The van der Waals surface area contributed by atoms with Gasteiger partial charge in [-0.3, -0.25) is 9.69 Å². The van der Waals surface area contributed by atoms with Crippen molar-refractivity contribution in [3.63, 3.8) is 0 Å². The van der Waals surface area contributed by atoms with E-state index in [2.05, 4.69) is 45.6 Å². The maximum Gasteiger partial charge on any atom is 0.256 e. The summed E-state index contributed by atoms with van der Waals surface area (Å²) in [5.41, 5.74) is 7.89. The molecular weight excluding hydrogens is 450 g/mol. The van der Waals surface area contributed by atoms with Gasteiger partial charge in [-0.2, -0.15) is 9.37 Å². The number of nitrogen functional groups attached to an aromatic ring is 1. The molecule has 1 saturated heterocycles. The van der Waals surface area contributed by atoms with Crippen LogP contribution >= 0.6 is 0 Å². The number of hydrogen-bond acceptors (Lipinski definition) is 6. The van der Waals surface area contributed by atoms with Gasteiger partial charge in [-0.15, -0.1) is 0 Å². The van der Waals surface area contributed by atoms with Crippen LogP contribution in [0.25, 0.3) is 33.3 Å². The zero-order valence-corrected chi connectivity index (χ0v) is 19.7. The van der Waals surface area contributed by atoms with Gasteiger partial charge in [0.05, 0.1) is 0 Å². The first kappa shape index (κ1) is 22.9. The molecular formula is C26H26F2N6O. The molecule has 1 fully saturated rings. The van der Waals surface area contributed by atoms with Gasteiger partial charge < -0.3 is 15.6 Å². The molecule has 0 saturated carbocycles. The molecule has 2 aromatic heterocycles. The number of fused-ring (bicyclic) bond motifs is 1.